The van der Waals surface area contributed by atoms with E-state index < -0.39 is 0 Å². The first-order chi connectivity index (χ1) is 9.18. The van der Waals surface area contributed by atoms with E-state index in [4.69, 9.17) is 17.2 Å². The van der Waals surface area contributed by atoms with E-state index in [-0.39, 0.29) is 11.9 Å². The Hall–Kier alpha value is -2.08. The van der Waals surface area contributed by atoms with Crippen molar-refractivity contribution in [3.8, 4) is 0 Å². The van der Waals surface area contributed by atoms with Gasteiger partial charge in [0, 0.05) is 0 Å². The number of hydrogen-bond donors (Lipinski definition) is 4. The maximum absolute atomic E-state index is 5.41. The highest BCUT2D eigenvalue weighted by molar-refractivity contribution is 5.93. The van der Waals surface area contributed by atoms with E-state index in [2.05, 4.69) is 15.3 Å². The molecule has 1 aromatic carbocycles. The van der Waals surface area contributed by atoms with Gasteiger partial charge in [-0.05, 0) is 38.1 Å². The molecule has 19 heavy (non-hydrogen) atoms. The average Bonchev–Trinajstić information content (AvgIpc) is 2.41. The predicted octanol–water partition coefficient (Wildman–Crippen LogP) is 0.666. The Kier molecular flexibility index (Phi) is 7.04. The van der Waals surface area contributed by atoms with E-state index in [0.717, 1.165) is 0 Å². The summed E-state index contributed by atoms with van der Waals surface area (Å²) in [5.41, 5.74) is 16.3. The van der Waals surface area contributed by atoms with Crippen LogP contribution >= 0.6 is 0 Å². The van der Waals surface area contributed by atoms with Gasteiger partial charge in [-0.1, -0.05) is 24.6 Å². The van der Waals surface area contributed by atoms with Crippen molar-refractivity contribution in [3.05, 3.63) is 30.3 Å². The Bertz CT molecular complexity index is 393. The Morgan fingerprint density at radius 2 is 1.58 bits per heavy atom. The van der Waals surface area contributed by atoms with Crippen molar-refractivity contribution < 1.29 is 0 Å². The quantitative estimate of drug-likeness (QED) is 0.439. The van der Waals surface area contributed by atoms with Crippen LogP contribution in [0.4, 0.5) is 5.69 Å². The number of rotatable bonds is 1. The molecule has 0 aromatic heterocycles. The number of benzene rings is 1. The lowest BCUT2D eigenvalue weighted by Gasteiger charge is -2.08. The van der Waals surface area contributed by atoms with Gasteiger partial charge in [0.15, 0.2) is 5.96 Å². The third-order valence-electron chi connectivity index (χ3n) is 2.45. The minimum Gasteiger partial charge on any atom is -0.370 e. The number of nitrogens with one attached hydrogen (secondary N) is 1. The number of para-hydroxylation sites is 1. The van der Waals surface area contributed by atoms with Gasteiger partial charge in [0.2, 0.25) is 5.96 Å². The van der Waals surface area contributed by atoms with Crippen molar-refractivity contribution >= 4 is 17.6 Å². The summed E-state index contributed by atoms with van der Waals surface area (Å²) >= 11 is 0. The zero-order chi connectivity index (χ0) is 13.9. The van der Waals surface area contributed by atoms with E-state index in [0.29, 0.717) is 5.69 Å². The molecule has 0 aliphatic carbocycles. The summed E-state index contributed by atoms with van der Waals surface area (Å²) in [6.45, 7) is 2.50. The number of piperidine rings is 1. The summed E-state index contributed by atoms with van der Waals surface area (Å²) in [5.74, 6) is -0.0524. The molecule has 0 saturated carbocycles. The zero-order valence-electron chi connectivity index (χ0n) is 11.0. The monoisotopic (exact) mass is 262 g/mol. The number of guanidine groups is 2. The molecule has 6 nitrogen and oxygen atoms in total. The lowest BCUT2D eigenvalue weighted by atomic mass is 10.2. The van der Waals surface area contributed by atoms with Crippen LogP contribution in [0, 0.1) is 0 Å². The van der Waals surface area contributed by atoms with Crippen LogP contribution < -0.4 is 22.5 Å². The SMILES string of the molecule is C1CCNCC1.NC(N)=NC(N)=Nc1ccccc1. The van der Waals surface area contributed by atoms with Crippen LogP contribution in [0.1, 0.15) is 19.3 Å². The second kappa shape index (κ2) is 8.93. The Morgan fingerprint density at radius 1 is 0.947 bits per heavy atom. The van der Waals surface area contributed by atoms with Crippen LogP contribution in [0.25, 0.3) is 0 Å². The molecule has 0 radical (unpaired) electrons. The third kappa shape index (κ3) is 7.77. The summed E-state index contributed by atoms with van der Waals surface area (Å²) < 4.78 is 0. The van der Waals surface area contributed by atoms with Gasteiger partial charge in [0.25, 0.3) is 0 Å². The largest absolute Gasteiger partial charge is 0.370 e. The number of aliphatic imine (C=N–C) groups is 2. The first-order valence-electron chi connectivity index (χ1n) is 6.38. The summed E-state index contributed by atoms with van der Waals surface area (Å²) in [4.78, 5) is 7.52. The van der Waals surface area contributed by atoms with E-state index >= 15 is 0 Å². The standard InChI is InChI=1S/C8H11N5.C5H11N/c9-7(10)13-8(11)12-6-4-2-1-3-5-6;1-2-4-6-5-3-1/h1-5H,(H6,9,10,11,12,13);6H,1-5H2. The first-order valence-corrected chi connectivity index (χ1v) is 6.38. The maximum atomic E-state index is 5.41. The summed E-state index contributed by atoms with van der Waals surface area (Å²) in [7, 11) is 0. The Balaban J connectivity index is 0.000000250. The van der Waals surface area contributed by atoms with Crippen LogP contribution in [0.15, 0.2) is 40.3 Å². The van der Waals surface area contributed by atoms with Gasteiger partial charge in [-0.25, -0.2) is 4.99 Å². The zero-order valence-corrected chi connectivity index (χ0v) is 11.0. The molecule has 0 spiro atoms. The maximum Gasteiger partial charge on any atom is 0.223 e. The number of nitrogens with zero attached hydrogens (tertiary/aromatic N) is 2. The summed E-state index contributed by atoms with van der Waals surface area (Å²) in [5, 5.41) is 3.28. The highest BCUT2D eigenvalue weighted by Gasteiger charge is 1.93. The molecule has 104 valence electrons. The van der Waals surface area contributed by atoms with E-state index in [1.807, 2.05) is 18.2 Å². The fourth-order valence-corrected chi connectivity index (χ4v) is 1.59. The van der Waals surface area contributed by atoms with Gasteiger partial charge in [0.05, 0.1) is 5.69 Å². The molecule has 1 saturated heterocycles. The molecule has 0 bridgehead atoms. The molecule has 0 amide bonds. The second-order valence-corrected chi connectivity index (χ2v) is 4.15. The molecular weight excluding hydrogens is 240 g/mol. The highest BCUT2D eigenvalue weighted by Crippen LogP contribution is 2.08. The van der Waals surface area contributed by atoms with Crippen LogP contribution in [0.2, 0.25) is 0 Å². The topological polar surface area (TPSA) is 115 Å². The van der Waals surface area contributed by atoms with Gasteiger partial charge >= 0.3 is 0 Å². The molecule has 1 aliphatic rings. The van der Waals surface area contributed by atoms with Crippen molar-refractivity contribution in [2.24, 2.45) is 27.2 Å². The van der Waals surface area contributed by atoms with Crippen LogP contribution in [-0.2, 0) is 0 Å². The average molecular weight is 262 g/mol. The molecular formula is C13H22N6. The fraction of sp³-hybridized carbons (Fsp3) is 0.385. The Labute approximate surface area is 113 Å². The lowest BCUT2D eigenvalue weighted by Crippen LogP contribution is -2.26. The predicted molar refractivity (Wildman–Crippen MR) is 80.3 cm³/mol. The van der Waals surface area contributed by atoms with Gasteiger partial charge in [0.1, 0.15) is 0 Å². The lowest BCUT2D eigenvalue weighted by molar-refractivity contribution is 0.520. The molecule has 6 heteroatoms. The van der Waals surface area contributed by atoms with Crippen LogP contribution in [0.3, 0.4) is 0 Å². The van der Waals surface area contributed by atoms with Gasteiger partial charge in [-0.3, -0.25) is 0 Å². The molecule has 1 heterocycles. The molecule has 2 rings (SSSR count). The number of hydrogen-bond acceptors (Lipinski definition) is 2. The fourth-order valence-electron chi connectivity index (χ4n) is 1.59. The van der Waals surface area contributed by atoms with Crippen LogP contribution in [-0.4, -0.2) is 25.0 Å². The van der Waals surface area contributed by atoms with E-state index in [9.17, 15) is 0 Å². The molecule has 1 aliphatic heterocycles. The third-order valence-corrected chi connectivity index (χ3v) is 2.45. The van der Waals surface area contributed by atoms with Crippen LogP contribution in [0.5, 0.6) is 0 Å². The van der Waals surface area contributed by atoms with Gasteiger partial charge in [-0.2, -0.15) is 4.99 Å². The second-order valence-electron chi connectivity index (χ2n) is 4.15. The summed E-state index contributed by atoms with van der Waals surface area (Å²) in [6.07, 6.45) is 4.22. The van der Waals surface area contributed by atoms with Crippen molar-refractivity contribution in [3.63, 3.8) is 0 Å². The minimum atomic E-state index is -0.0998. The first kappa shape index (κ1) is 15.0. The highest BCUT2D eigenvalue weighted by atomic mass is 15.1. The molecule has 0 atom stereocenters. The smallest absolute Gasteiger partial charge is 0.223 e. The van der Waals surface area contributed by atoms with E-state index in [1.165, 1.54) is 32.4 Å². The summed E-state index contributed by atoms with van der Waals surface area (Å²) in [6, 6.07) is 9.18. The normalized spacial score (nSPS) is 15.1. The van der Waals surface area contributed by atoms with Crippen molar-refractivity contribution in [2.45, 2.75) is 19.3 Å². The van der Waals surface area contributed by atoms with Crippen molar-refractivity contribution in [1.29, 1.82) is 0 Å². The van der Waals surface area contributed by atoms with Crippen molar-refractivity contribution in [2.75, 3.05) is 13.1 Å². The molecule has 1 aromatic rings. The minimum absolute atomic E-state index is 0.0474. The molecule has 7 N–H and O–H groups in total. The number of nitrogens with two attached hydrogens (primary N) is 3. The molecule has 1 fully saturated rings. The van der Waals surface area contributed by atoms with Gasteiger partial charge in [-0.15, -0.1) is 0 Å². The Morgan fingerprint density at radius 3 is 2.00 bits per heavy atom. The van der Waals surface area contributed by atoms with E-state index in [1.54, 1.807) is 12.1 Å². The van der Waals surface area contributed by atoms with Gasteiger partial charge < -0.3 is 22.5 Å². The van der Waals surface area contributed by atoms with Crippen molar-refractivity contribution in [1.82, 2.24) is 5.32 Å². The molecule has 0 unspecified atom stereocenters.